The Balaban J connectivity index is 2.10. The Morgan fingerprint density at radius 1 is 1.25 bits per heavy atom. The maximum Gasteiger partial charge on any atom is 0.314 e. The van der Waals surface area contributed by atoms with E-state index in [0.717, 1.165) is 10.9 Å². The highest BCUT2D eigenvalue weighted by Gasteiger charge is 2.46. The van der Waals surface area contributed by atoms with Crippen LogP contribution in [0.4, 0.5) is 0 Å². The number of hydrogen-bond acceptors (Lipinski definition) is 2. The molecule has 0 bridgehead atoms. The summed E-state index contributed by atoms with van der Waals surface area (Å²) in [6.07, 6.45) is 6.03. The fourth-order valence-electron chi connectivity index (χ4n) is 3.61. The van der Waals surface area contributed by atoms with E-state index in [0.29, 0.717) is 12.6 Å². The van der Waals surface area contributed by atoms with Gasteiger partial charge < -0.3 is 9.22 Å². The SMILES string of the molecule is CCOC(=O)[C@H]1CCC[N+]2(C)CCCC[C@@H]12. The molecular formula is C13H24NO2+. The van der Waals surface area contributed by atoms with E-state index < -0.39 is 0 Å². The van der Waals surface area contributed by atoms with Crippen LogP contribution >= 0.6 is 0 Å². The summed E-state index contributed by atoms with van der Waals surface area (Å²) in [5, 5.41) is 0. The van der Waals surface area contributed by atoms with Crippen LogP contribution in [0.1, 0.15) is 39.0 Å². The second-order valence-corrected chi connectivity index (χ2v) is 5.49. The molecule has 16 heavy (non-hydrogen) atoms. The molecule has 0 N–H and O–H groups in total. The zero-order chi connectivity index (χ0) is 11.6. The summed E-state index contributed by atoms with van der Waals surface area (Å²) in [6, 6.07) is 0.529. The van der Waals surface area contributed by atoms with Gasteiger partial charge in [-0.1, -0.05) is 0 Å². The summed E-state index contributed by atoms with van der Waals surface area (Å²) in [6.45, 7) is 4.92. The lowest BCUT2D eigenvalue weighted by Crippen LogP contribution is -2.62. The van der Waals surface area contributed by atoms with Crippen LogP contribution in [0.2, 0.25) is 0 Å². The van der Waals surface area contributed by atoms with E-state index in [1.807, 2.05) is 6.92 Å². The minimum Gasteiger partial charge on any atom is -0.466 e. The molecule has 0 aromatic rings. The number of carbonyl (C=O) groups is 1. The summed E-state index contributed by atoms with van der Waals surface area (Å²) in [4.78, 5) is 12.0. The molecule has 3 nitrogen and oxygen atoms in total. The summed E-state index contributed by atoms with van der Waals surface area (Å²) < 4.78 is 6.34. The monoisotopic (exact) mass is 226 g/mol. The molecule has 2 heterocycles. The van der Waals surface area contributed by atoms with Crippen molar-refractivity contribution in [3.05, 3.63) is 0 Å². The molecule has 3 atom stereocenters. The van der Waals surface area contributed by atoms with Crippen molar-refractivity contribution < 1.29 is 14.0 Å². The maximum absolute atomic E-state index is 12.0. The van der Waals surface area contributed by atoms with E-state index in [-0.39, 0.29) is 11.9 Å². The van der Waals surface area contributed by atoms with Crippen LogP contribution in [0.25, 0.3) is 0 Å². The lowest BCUT2D eigenvalue weighted by atomic mass is 9.81. The first-order chi connectivity index (χ1) is 7.67. The van der Waals surface area contributed by atoms with Gasteiger partial charge in [0.2, 0.25) is 0 Å². The molecule has 0 amide bonds. The number of fused-ring (bicyclic) bond motifs is 1. The Bertz CT molecular complexity index is 263. The smallest absolute Gasteiger partial charge is 0.314 e. The Labute approximate surface area is 98.4 Å². The van der Waals surface area contributed by atoms with Crippen molar-refractivity contribution in [2.75, 3.05) is 26.7 Å². The second-order valence-electron chi connectivity index (χ2n) is 5.49. The molecule has 92 valence electrons. The predicted molar refractivity (Wildman–Crippen MR) is 62.9 cm³/mol. The van der Waals surface area contributed by atoms with E-state index in [2.05, 4.69) is 7.05 Å². The Morgan fingerprint density at radius 3 is 2.75 bits per heavy atom. The van der Waals surface area contributed by atoms with Gasteiger partial charge in [-0.2, -0.15) is 0 Å². The molecule has 3 heteroatoms. The number of nitrogens with zero attached hydrogens (tertiary/aromatic N) is 1. The van der Waals surface area contributed by atoms with Gasteiger partial charge in [-0.05, 0) is 32.6 Å². The third-order valence-corrected chi connectivity index (χ3v) is 4.46. The van der Waals surface area contributed by atoms with Crippen molar-refractivity contribution in [3.8, 4) is 0 Å². The maximum atomic E-state index is 12.0. The van der Waals surface area contributed by atoms with Gasteiger partial charge in [0.15, 0.2) is 0 Å². The highest BCUT2D eigenvalue weighted by molar-refractivity contribution is 5.73. The second kappa shape index (κ2) is 4.74. The number of hydrogen-bond donors (Lipinski definition) is 0. The molecule has 0 aliphatic carbocycles. The fourth-order valence-corrected chi connectivity index (χ4v) is 3.61. The van der Waals surface area contributed by atoms with Crippen molar-refractivity contribution in [2.24, 2.45) is 5.92 Å². The number of carbonyl (C=O) groups excluding carboxylic acids is 1. The minimum atomic E-state index is 0.0541. The lowest BCUT2D eigenvalue weighted by molar-refractivity contribution is -0.945. The van der Waals surface area contributed by atoms with E-state index in [4.69, 9.17) is 4.74 Å². The van der Waals surface area contributed by atoms with Crippen LogP contribution < -0.4 is 0 Å². The Morgan fingerprint density at radius 2 is 2.00 bits per heavy atom. The normalized spacial score (nSPS) is 38.9. The molecule has 0 aromatic carbocycles. The summed E-state index contributed by atoms with van der Waals surface area (Å²) in [5.41, 5.74) is 0. The van der Waals surface area contributed by atoms with Crippen molar-refractivity contribution in [1.82, 2.24) is 0 Å². The molecule has 2 rings (SSSR count). The molecule has 2 fully saturated rings. The zero-order valence-electron chi connectivity index (χ0n) is 10.6. The summed E-state index contributed by atoms with van der Waals surface area (Å²) in [7, 11) is 2.33. The fraction of sp³-hybridized carbons (Fsp3) is 0.923. The van der Waals surface area contributed by atoms with Gasteiger partial charge in [0, 0.05) is 6.42 Å². The third kappa shape index (κ3) is 2.10. The van der Waals surface area contributed by atoms with E-state index in [9.17, 15) is 4.79 Å². The Hall–Kier alpha value is -0.570. The molecule has 2 aliphatic rings. The van der Waals surface area contributed by atoms with Gasteiger partial charge >= 0.3 is 5.97 Å². The Kier molecular flexibility index (Phi) is 3.53. The molecule has 2 aliphatic heterocycles. The van der Waals surface area contributed by atoms with Crippen LogP contribution in [0.5, 0.6) is 0 Å². The highest BCUT2D eigenvalue weighted by atomic mass is 16.5. The largest absolute Gasteiger partial charge is 0.466 e. The van der Waals surface area contributed by atoms with Crippen LogP contribution in [-0.2, 0) is 9.53 Å². The van der Waals surface area contributed by atoms with E-state index >= 15 is 0 Å². The first-order valence-corrected chi connectivity index (χ1v) is 6.68. The predicted octanol–water partition coefficient (Wildman–Crippen LogP) is 1.96. The molecule has 2 saturated heterocycles. The van der Waals surface area contributed by atoms with Crippen LogP contribution in [0.3, 0.4) is 0 Å². The first kappa shape index (κ1) is 11.9. The van der Waals surface area contributed by atoms with E-state index in [1.54, 1.807) is 0 Å². The average Bonchev–Trinajstić information content (AvgIpc) is 2.27. The van der Waals surface area contributed by atoms with Crippen LogP contribution in [0.15, 0.2) is 0 Å². The topological polar surface area (TPSA) is 26.3 Å². The number of piperidine rings is 2. The van der Waals surface area contributed by atoms with Gasteiger partial charge in [-0.25, -0.2) is 0 Å². The molecule has 0 radical (unpaired) electrons. The third-order valence-electron chi connectivity index (χ3n) is 4.46. The van der Waals surface area contributed by atoms with Crippen LogP contribution in [-0.4, -0.2) is 43.2 Å². The highest BCUT2D eigenvalue weighted by Crippen LogP contribution is 2.36. The van der Waals surface area contributed by atoms with E-state index in [1.165, 1.54) is 38.8 Å². The quantitative estimate of drug-likeness (QED) is 0.531. The number of rotatable bonds is 2. The van der Waals surface area contributed by atoms with Crippen molar-refractivity contribution in [2.45, 2.75) is 45.1 Å². The summed E-state index contributed by atoms with van der Waals surface area (Å²) >= 11 is 0. The molecular weight excluding hydrogens is 202 g/mol. The van der Waals surface area contributed by atoms with Gasteiger partial charge in [-0.15, -0.1) is 0 Å². The van der Waals surface area contributed by atoms with Crippen molar-refractivity contribution in [3.63, 3.8) is 0 Å². The summed E-state index contributed by atoms with van der Waals surface area (Å²) in [5.74, 6) is 0.220. The molecule has 0 spiro atoms. The van der Waals surface area contributed by atoms with Gasteiger partial charge in [0.25, 0.3) is 0 Å². The van der Waals surface area contributed by atoms with Gasteiger partial charge in [0.05, 0.1) is 26.7 Å². The van der Waals surface area contributed by atoms with Crippen molar-refractivity contribution >= 4 is 5.97 Å². The van der Waals surface area contributed by atoms with Gasteiger partial charge in [-0.3, -0.25) is 4.79 Å². The van der Waals surface area contributed by atoms with Crippen LogP contribution in [0, 0.1) is 5.92 Å². The number of ether oxygens (including phenoxy) is 1. The number of esters is 1. The minimum absolute atomic E-state index is 0.0541. The lowest BCUT2D eigenvalue weighted by Gasteiger charge is -2.50. The zero-order valence-corrected chi connectivity index (χ0v) is 10.6. The standard InChI is InChI=1S/C13H24NO2/c1-3-16-13(15)11-7-6-10-14(2)9-5-4-8-12(11)14/h11-12H,3-10H2,1-2H3/q+1/t11-,12-,14?/m0/s1. The number of quaternary nitrogens is 1. The molecule has 1 unspecified atom stereocenters. The van der Waals surface area contributed by atoms with Crippen molar-refractivity contribution in [1.29, 1.82) is 0 Å². The van der Waals surface area contributed by atoms with Gasteiger partial charge in [0.1, 0.15) is 12.0 Å². The first-order valence-electron chi connectivity index (χ1n) is 6.68. The molecule has 0 saturated carbocycles. The average molecular weight is 226 g/mol. The molecule has 0 aromatic heterocycles.